The number of benzene rings is 1. The molecule has 1 heterocycles. The molecule has 0 bridgehead atoms. The molecule has 1 aromatic carbocycles. The van der Waals surface area contributed by atoms with Gasteiger partial charge in [0.25, 0.3) is 0 Å². The number of carbonyl (C=O) groups excluding carboxylic acids is 1. The number of hydrogen-bond donors (Lipinski definition) is 1. The minimum atomic E-state index is -0.398. The van der Waals surface area contributed by atoms with Crippen LogP contribution in [0.15, 0.2) is 24.3 Å². The molecule has 126 valence electrons. The fourth-order valence-electron chi connectivity index (χ4n) is 3.92. The second-order valence-corrected chi connectivity index (χ2v) is 7.11. The van der Waals surface area contributed by atoms with Gasteiger partial charge in [0.05, 0.1) is 18.8 Å². The van der Waals surface area contributed by atoms with E-state index in [0.717, 1.165) is 37.1 Å². The highest BCUT2D eigenvalue weighted by molar-refractivity contribution is 5.90. The van der Waals surface area contributed by atoms with Gasteiger partial charge in [-0.25, -0.2) is 4.79 Å². The molecule has 1 saturated heterocycles. The van der Waals surface area contributed by atoms with E-state index in [0.29, 0.717) is 19.7 Å². The van der Waals surface area contributed by atoms with Crippen molar-refractivity contribution in [1.29, 1.82) is 0 Å². The second kappa shape index (κ2) is 6.04. The largest absolute Gasteiger partial charge is 0.494 e. The van der Waals surface area contributed by atoms with Gasteiger partial charge in [-0.1, -0.05) is 13.0 Å². The van der Waals surface area contributed by atoms with Crippen LogP contribution in [0, 0.1) is 5.41 Å². The van der Waals surface area contributed by atoms with E-state index in [1.54, 1.807) is 4.90 Å². The third-order valence-corrected chi connectivity index (χ3v) is 5.07. The Morgan fingerprint density at radius 1 is 1.39 bits per heavy atom. The molecule has 2 N–H and O–H groups in total. The Hall–Kier alpha value is -1.75. The lowest BCUT2D eigenvalue weighted by Gasteiger charge is -2.42. The van der Waals surface area contributed by atoms with Crippen molar-refractivity contribution in [3.8, 4) is 5.75 Å². The number of nitrogens with two attached hydrogens (primary N) is 1. The van der Waals surface area contributed by atoms with Gasteiger partial charge in [-0.05, 0) is 56.7 Å². The van der Waals surface area contributed by atoms with E-state index in [-0.39, 0.29) is 11.5 Å². The van der Waals surface area contributed by atoms with Crippen molar-refractivity contribution >= 4 is 11.8 Å². The Morgan fingerprint density at radius 3 is 2.96 bits per heavy atom. The molecular formula is C18H26N2O3. The Kier molecular flexibility index (Phi) is 4.23. The smallest absolute Gasteiger partial charge is 0.415 e. The van der Waals surface area contributed by atoms with Crippen LogP contribution < -0.4 is 15.4 Å². The van der Waals surface area contributed by atoms with Gasteiger partial charge < -0.3 is 15.2 Å². The van der Waals surface area contributed by atoms with Gasteiger partial charge in [0.1, 0.15) is 11.4 Å². The lowest BCUT2D eigenvalue weighted by molar-refractivity contribution is -0.0183. The van der Waals surface area contributed by atoms with E-state index >= 15 is 0 Å². The molecule has 2 aliphatic rings. The number of hydrogen-bond acceptors (Lipinski definition) is 4. The number of carbonyl (C=O) groups is 1. The summed E-state index contributed by atoms with van der Waals surface area (Å²) in [5.41, 5.74) is 6.44. The fraction of sp³-hybridized carbons (Fsp3) is 0.611. The molecule has 0 aromatic heterocycles. The molecule has 1 aliphatic heterocycles. The van der Waals surface area contributed by atoms with Crippen molar-refractivity contribution in [2.75, 3.05) is 24.6 Å². The predicted molar refractivity (Wildman–Crippen MR) is 89.8 cm³/mol. The van der Waals surface area contributed by atoms with Gasteiger partial charge in [0.15, 0.2) is 0 Å². The Bertz CT molecular complexity index is 591. The van der Waals surface area contributed by atoms with Crippen LogP contribution in [-0.2, 0) is 4.74 Å². The zero-order chi connectivity index (χ0) is 16.5. The highest BCUT2D eigenvalue weighted by Crippen LogP contribution is 2.46. The van der Waals surface area contributed by atoms with E-state index in [1.165, 1.54) is 0 Å². The van der Waals surface area contributed by atoms with Gasteiger partial charge in [-0.3, -0.25) is 4.90 Å². The summed E-state index contributed by atoms with van der Waals surface area (Å²) in [4.78, 5) is 14.2. The SMILES string of the molecule is CCOc1cccc(N2CC3(CCC[C@](C)(CN)C3)OC2=O)c1. The molecule has 23 heavy (non-hydrogen) atoms. The molecular weight excluding hydrogens is 292 g/mol. The first kappa shape index (κ1) is 16.1. The van der Waals surface area contributed by atoms with Crippen molar-refractivity contribution in [1.82, 2.24) is 0 Å². The Morgan fingerprint density at radius 2 is 2.22 bits per heavy atom. The van der Waals surface area contributed by atoms with E-state index in [9.17, 15) is 4.79 Å². The number of ether oxygens (including phenoxy) is 2. The van der Waals surface area contributed by atoms with Gasteiger partial charge >= 0.3 is 6.09 Å². The maximum Gasteiger partial charge on any atom is 0.415 e. The normalized spacial score (nSPS) is 30.6. The van der Waals surface area contributed by atoms with Crippen molar-refractivity contribution < 1.29 is 14.3 Å². The van der Waals surface area contributed by atoms with Gasteiger partial charge in [0, 0.05) is 6.07 Å². The first-order valence-corrected chi connectivity index (χ1v) is 8.43. The van der Waals surface area contributed by atoms with Crippen LogP contribution in [0.2, 0.25) is 0 Å². The summed E-state index contributed by atoms with van der Waals surface area (Å²) in [6, 6.07) is 7.63. The number of rotatable bonds is 4. The average Bonchev–Trinajstić information content (AvgIpc) is 2.83. The molecule has 0 radical (unpaired) electrons. The number of anilines is 1. The highest BCUT2D eigenvalue weighted by Gasteiger charge is 2.51. The first-order valence-electron chi connectivity index (χ1n) is 8.43. The van der Waals surface area contributed by atoms with E-state index < -0.39 is 5.60 Å². The van der Waals surface area contributed by atoms with E-state index in [4.69, 9.17) is 15.2 Å². The first-order chi connectivity index (χ1) is 11.0. The molecule has 2 fully saturated rings. The van der Waals surface area contributed by atoms with Crippen molar-refractivity contribution in [3.05, 3.63) is 24.3 Å². The summed E-state index contributed by atoms with van der Waals surface area (Å²) in [6.45, 7) is 5.97. The maximum atomic E-state index is 12.4. The quantitative estimate of drug-likeness (QED) is 0.925. The molecule has 1 aliphatic carbocycles. The molecule has 2 atom stereocenters. The van der Waals surface area contributed by atoms with E-state index in [2.05, 4.69) is 6.92 Å². The summed E-state index contributed by atoms with van der Waals surface area (Å²) < 4.78 is 11.4. The van der Waals surface area contributed by atoms with Crippen LogP contribution in [0.1, 0.15) is 39.5 Å². The van der Waals surface area contributed by atoms with E-state index in [1.807, 2.05) is 31.2 Å². The minimum absolute atomic E-state index is 0.0573. The van der Waals surface area contributed by atoms with Crippen LogP contribution in [-0.4, -0.2) is 31.4 Å². The molecule has 5 nitrogen and oxygen atoms in total. The maximum absolute atomic E-state index is 12.4. The number of nitrogens with zero attached hydrogens (tertiary/aromatic N) is 1. The standard InChI is InChI=1S/C18H26N2O3/c1-3-22-15-7-4-6-14(10-15)20-13-18(23-16(20)21)9-5-8-17(2,11-18)12-19/h4,6-7,10H,3,5,8-9,11-13,19H2,1-2H3/t17-,18?/m0/s1. The Balaban J connectivity index is 1.81. The summed E-state index contributed by atoms with van der Waals surface area (Å²) in [5, 5.41) is 0. The lowest BCUT2D eigenvalue weighted by Crippen LogP contribution is -2.46. The third kappa shape index (κ3) is 3.15. The summed E-state index contributed by atoms with van der Waals surface area (Å²) in [7, 11) is 0. The summed E-state index contributed by atoms with van der Waals surface area (Å²) >= 11 is 0. The summed E-state index contributed by atoms with van der Waals surface area (Å²) in [6.07, 6.45) is 3.64. The predicted octanol–water partition coefficient (Wildman–Crippen LogP) is 3.32. The molecule has 1 aromatic rings. The minimum Gasteiger partial charge on any atom is -0.494 e. The Labute approximate surface area is 137 Å². The average molecular weight is 318 g/mol. The zero-order valence-corrected chi connectivity index (χ0v) is 14.0. The topological polar surface area (TPSA) is 64.8 Å². The number of amides is 1. The zero-order valence-electron chi connectivity index (χ0n) is 14.0. The second-order valence-electron chi connectivity index (χ2n) is 7.11. The monoisotopic (exact) mass is 318 g/mol. The molecule has 3 rings (SSSR count). The van der Waals surface area contributed by atoms with Crippen molar-refractivity contribution in [3.63, 3.8) is 0 Å². The van der Waals surface area contributed by atoms with Crippen LogP contribution in [0.4, 0.5) is 10.5 Å². The van der Waals surface area contributed by atoms with Gasteiger partial charge in [-0.2, -0.15) is 0 Å². The van der Waals surface area contributed by atoms with Gasteiger partial charge in [0.2, 0.25) is 0 Å². The fourth-order valence-corrected chi connectivity index (χ4v) is 3.92. The highest BCUT2D eigenvalue weighted by atomic mass is 16.6. The third-order valence-electron chi connectivity index (χ3n) is 5.07. The van der Waals surface area contributed by atoms with Crippen LogP contribution >= 0.6 is 0 Å². The van der Waals surface area contributed by atoms with Crippen LogP contribution in [0.5, 0.6) is 5.75 Å². The molecule has 1 saturated carbocycles. The molecule has 1 unspecified atom stereocenters. The summed E-state index contributed by atoms with van der Waals surface area (Å²) in [5.74, 6) is 0.772. The van der Waals surface area contributed by atoms with Crippen LogP contribution in [0.3, 0.4) is 0 Å². The molecule has 1 spiro atoms. The van der Waals surface area contributed by atoms with Gasteiger partial charge in [-0.15, -0.1) is 0 Å². The van der Waals surface area contributed by atoms with Crippen molar-refractivity contribution in [2.24, 2.45) is 11.1 Å². The van der Waals surface area contributed by atoms with Crippen molar-refractivity contribution in [2.45, 2.75) is 45.1 Å². The van der Waals surface area contributed by atoms with Crippen LogP contribution in [0.25, 0.3) is 0 Å². The molecule has 1 amide bonds. The molecule has 5 heteroatoms. The lowest BCUT2D eigenvalue weighted by atomic mass is 9.68.